The maximum atomic E-state index is 12.0. The summed E-state index contributed by atoms with van der Waals surface area (Å²) in [6.07, 6.45) is 1.87. The van der Waals surface area contributed by atoms with E-state index in [0.717, 1.165) is 19.4 Å². The van der Waals surface area contributed by atoms with Crippen molar-refractivity contribution in [3.63, 3.8) is 0 Å². The Kier molecular flexibility index (Phi) is 4.82. The van der Waals surface area contributed by atoms with E-state index in [1.807, 2.05) is 23.4 Å². The second-order valence-corrected chi connectivity index (χ2v) is 4.82. The van der Waals surface area contributed by atoms with Gasteiger partial charge in [0.2, 0.25) is 5.91 Å². The molecule has 15 heavy (non-hydrogen) atoms. The lowest BCUT2D eigenvalue weighted by Gasteiger charge is -2.21. The smallest absolute Gasteiger partial charge is 0.225 e. The first kappa shape index (κ1) is 12.2. The molecule has 1 rings (SSSR count). The molecule has 84 valence electrons. The third kappa shape index (κ3) is 3.34. The van der Waals surface area contributed by atoms with Gasteiger partial charge in [-0.25, -0.2) is 0 Å². The van der Waals surface area contributed by atoms with Crippen molar-refractivity contribution >= 4 is 17.2 Å². The predicted octanol–water partition coefficient (Wildman–Crippen LogP) is 3.14. The first-order chi connectivity index (χ1) is 7.19. The van der Waals surface area contributed by atoms with Crippen LogP contribution >= 0.6 is 11.3 Å². The van der Waals surface area contributed by atoms with E-state index >= 15 is 0 Å². The number of hydrogen-bond acceptors (Lipinski definition) is 2. The summed E-state index contributed by atoms with van der Waals surface area (Å²) in [6, 6.07) is 4.09. The molecule has 1 heterocycles. The van der Waals surface area contributed by atoms with E-state index in [-0.39, 0.29) is 11.8 Å². The van der Waals surface area contributed by atoms with Crippen LogP contribution in [0.5, 0.6) is 0 Å². The predicted molar refractivity (Wildman–Crippen MR) is 64.9 cm³/mol. The van der Waals surface area contributed by atoms with E-state index < -0.39 is 0 Å². The highest BCUT2D eigenvalue weighted by atomic mass is 32.1. The molecule has 0 N–H and O–H groups in total. The van der Waals surface area contributed by atoms with Crippen LogP contribution in [0.3, 0.4) is 0 Å². The minimum absolute atomic E-state index is 0.190. The quantitative estimate of drug-likeness (QED) is 0.754. The Morgan fingerprint density at radius 3 is 2.60 bits per heavy atom. The van der Waals surface area contributed by atoms with Crippen molar-refractivity contribution in [3.05, 3.63) is 22.4 Å². The van der Waals surface area contributed by atoms with Crippen LogP contribution in [0.25, 0.3) is 0 Å². The van der Waals surface area contributed by atoms with E-state index in [2.05, 4.69) is 19.9 Å². The summed E-state index contributed by atoms with van der Waals surface area (Å²) in [6.45, 7) is 4.89. The van der Waals surface area contributed by atoms with E-state index in [1.165, 1.54) is 4.88 Å². The maximum absolute atomic E-state index is 12.0. The van der Waals surface area contributed by atoms with Gasteiger partial charge >= 0.3 is 0 Å². The fourth-order valence-electron chi connectivity index (χ4n) is 1.66. The van der Waals surface area contributed by atoms with Crippen molar-refractivity contribution in [1.29, 1.82) is 0 Å². The molecule has 0 spiro atoms. The molecule has 0 saturated heterocycles. The summed E-state index contributed by atoms with van der Waals surface area (Å²) in [7, 11) is 1.89. The van der Waals surface area contributed by atoms with Gasteiger partial charge in [0.15, 0.2) is 0 Å². The SMILES string of the molecule is CCC(CC)C(=O)N(C)Cc1cccs1. The molecule has 1 aromatic rings. The van der Waals surface area contributed by atoms with Gasteiger partial charge in [-0.15, -0.1) is 11.3 Å². The minimum Gasteiger partial charge on any atom is -0.340 e. The first-order valence-corrected chi connectivity index (χ1v) is 6.34. The van der Waals surface area contributed by atoms with Crippen LogP contribution in [-0.4, -0.2) is 17.9 Å². The molecule has 3 heteroatoms. The zero-order chi connectivity index (χ0) is 11.3. The van der Waals surface area contributed by atoms with Crippen LogP contribution in [0.4, 0.5) is 0 Å². The lowest BCUT2D eigenvalue weighted by molar-refractivity contribution is -0.134. The molecule has 0 aromatic carbocycles. The third-order valence-electron chi connectivity index (χ3n) is 2.68. The highest BCUT2D eigenvalue weighted by molar-refractivity contribution is 7.09. The monoisotopic (exact) mass is 225 g/mol. The highest BCUT2D eigenvalue weighted by Crippen LogP contribution is 2.15. The molecule has 0 aliphatic heterocycles. The number of hydrogen-bond donors (Lipinski definition) is 0. The second-order valence-electron chi connectivity index (χ2n) is 3.79. The zero-order valence-corrected chi connectivity index (χ0v) is 10.5. The summed E-state index contributed by atoms with van der Waals surface area (Å²) in [5, 5.41) is 2.05. The van der Waals surface area contributed by atoms with Gasteiger partial charge in [0, 0.05) is 17.8 Å². The summed E-state index contributed by atoms with van der Waals surface area (Å²) < 4.78 is 0. The second kappa shape index (κ2) is 5.91. The van der Waals surface area contributed by atoms with Crippen molar-refractivity contribution in [2.45, 2.75) is 33.2 Å². The van der Waals surface area contributed by atoms with Crippen LogP contribution < -0.4 is 0 Å². The van der Waals surface area contributed by atoms with Gasteiger partial charge in [-0.2, -0.15) is 0 Å². The van der Waals surface area contributed by atoms with Crippen molar-refractivity contribution in [3.8, 4) is 0 Å². The molecule has 0 aliphatic carbocycles. The number of nitrogens with zero attached hydrogens (tertiary/aromatic N) is 1. The largest absolute Gasteiger partial charge is 0.340 e. The summed E-state index contributed by atoms with van der Waals surface area (Å²) >= 11 is 1.70. The normalized spacial score (nSPS) is 10.7. The standard InChI is InChI=1S/C12H19NOS/c1-4-10(5-2)12(14)13(3)9-11-7-6-8-15-11/h6-8,10H,4-5,9H2,1-3H3. The van der Waals surface area contributed by atoms with Crippen molar-refractivity contribution in [1.82, 2.24) is 4.90 Å². The van der Waals surface area contributed by atoms with Gasteiger partial charge in [0.25, 0.3) is 0 Å². The average Bonchev–Trinajstić information content (AvgIpc) is 2.72. The molecule has 1 amide bonds. The molecule has 0 atom stereocenters. The van der Waals surface area contributed by atoms with Crippen LogP contribution in [0.1, 0.15) is 31.6 Å². The third-order valence-corrected chi connectivity index (χ3v) is 3.55. The fraction of sp³-hybridized carbons (Fsp3) is 0.583. The highest BCUT2D eigenvalue weighted by Gasteiger charge is 2.18. The average molecular weight is 225 g/mol. The Morgan fingerprint density at radius 2 is 2.13 bits per heavy atom. The molecule has 0 radical (unpaired) electrons. The van der Waals surface area contributed by atoms with E-state index in [0.29, 0.717) is 0 Å². The molecular formula is C12H19NOS. The fourth-order valence-corrected chi connectivity index (χ4v) is 2.42. The van der Waals surface area contributed by atoms with Gasteiger partial charge in [-0.3, -0.25) is 4.79 Å². The topological polar surface area (TPSA) is 20.3 Å². The van der Waals surface area contributed by atoms with Crippen molar-refractivity contribution < 1.29 is 4.79 Å². The molecule has 0 aliphatic rings. The molecule has 2 nitrogen and oxygen atoms in total. The lowest BCUT2D eigenvalue weighted by atomic mass is 10.0. The maximum Gasteiger partial charge on any atom is 0.225 e. The van der Waals surface area contributed by atoms with E-state index in [9.17, 15) is 4.79 Å². The first-order valence-electron chi connectivity index (χ1n) is 5.46. The Hall–Kier alpha value is -0.830. The van der Waals surface area contributed by atoms with Crippen molar-refractivity contribution in [2.24, 2.45) is 5.92 Å². The van der Waals surface area contributed by atoms with Gasteiger partial charge in [-0.05, 0) is 24.3 Å². The van der Waals surface area contributed by atoms with E-state index in [1.54, 1.807) is 11.3 Å². The Labute approximate surface area is 95.9 Å². The van der Waals surface area contributed by atoms with Crippen LogP contribution in [0.2, 0.25) is 0 Å². The molecule has 0 unspecified atom stereocenters. The summed E-state index contributed by atoms with van der Waals surface area (Å²) in [5.74, 6) is 0.461. The number of thiophene rings is 1. The van der Waals surface area contributed by atoms with Gasteiger partial charge in [0.05, 0.1) is 6.54 Å². The van der Waals surface area contributed by atoms with Gasteiger partial charge in [-0.1, -0.05) is 19.9 Å². The molecular weight excluding hydrogens is 206 g/mol. The van der Waals surface area contributed by atoms with Crippen LogP contribution in [-0.2, 0) is 11.3 Å². The molecule has 1 aromatic heterocycles. The summed E-state index contributed by atoms with van der Waals surface area (Å²) in [4.78, 5) is 15.0. The Bertz CT molecular complexity index is 291. The van der Waals surface area contributed by atoms with E-state index in [4.69, 9.17) is 0 Å². The molecule has 0 saturated carbocycles. The van der Waals surface area contributed by atoms with Crippen molar-refractivity contribution in [2.75, 3.05) is 7.05 Å². The van der Waals surface area contributed by atoms with Crippen LogP contribution in [0, 0.1) is 5.92 Å². The lowest BCUT2D eigenvalue weighted by Crippen LogP contribution is -2.31. The number of carbonyl (C=O) groups excluding carboxylic acids is 1. The van der Waals surface area contributed by atoms with Gasteiger partial charge < -0.3 is 4.90 Å². The number of rotatable bonds is 5. The molecule has 0 fully saturated rings. The zero-order valence-electron chi connectivity index (χ0n) is 9.69. The minimum atomic E-state index is 0.190. The Morgan fingerprint density at radius 1 is 1.47 bits per heavy atom. The Balaban J connectivity index is 2.53. The number of amides is 1. The number of carbonyl (C=O) groups is 1. The molecule has 0 bridgehead atoms. The summed E-state index contributed by atoms with van der Waals surface area (Å²) in [5.41, 5.74) is 0. The van der Waals surface area contributed by atoms with Crippen LogP contribution in [0.15, 0.2) is 17.5 Å². The van der Waals surface area contributed by atoms with Gasteiger partial charge in [0.1, 0.15) is 0 Å².